The first-order valence-corrected chi connectivity index (χ1v) is 9.44. The summed E-state index contributed by atoms with van der Waals surface area (Å²) in [5, 5.41) is 5.23. The van der Waals surface area contributed by atoms with Gasteiger partial charge in [0.2, 0.25) is 5.91 Å². The third-order valence-corrected chi connectivity index (χ3v) is 5.25. The highest BCUT2D eigenvalue weighted by atomic mass is 32.1. The van der Waals surface area contributed by atoms with E-state index in [1.807, 2.05) is 17.0 Å². The number of thiazole rings is 1. The minimum absolute atomic E-state index is 0.145. The number of likely N-dealkylation sites (N-methyl/N-ethyl adjacent to an activating group) is 1. The second-order valence-corrected chi connectivity index (χ2v) is 7.29. The Hall–Kier alpha value is -2.29. The molecule has 1 aromatic carbocycles. The highest BCUT2D eigenvalue weighted by Crippen LogP contribution is 2.14. The molecule has 3 rings (SSSR count). The maximum Gasteiger partial charge on any atom is 0.275 e. The van der Waals surface area contributed by atoms with Crippen molar-refractivity contribution in [3.63, 3.8) is 0 Å². The van der Waals surface area contributed by atoms with Gasteiger partial charge < -0.3 is 20.9 Å². The lowest BCUT2D eigenvalue weighted by molar-refractivity contribution is -0.132. The number of aromatic nitrogens is 1. The van der Waals surface area contributed by atoms with E-state index < -0.39 is 0 Å². The molecule has 2 heterocycles. The van der Waals surface area contributed by atoms with E-state index in [9.17, 15) is 9.59 Å². The molecular weight excluding hydrogens is 350 g/mol. The molecule has 0 saturated carbocycles. The zero-order chi connectivity index (χ0) is 18.5. The van der Waals surface area contributed by atoms with E-state index in [0.29, 0.717) is 24.3 Å². The fourth-order valence-corrected chi connectivity index (χ4v) is 3.41. The summed E-state index contributed by atoms with van der Waals surface area (Å²) in [4.78, 5) is 32.8. The number of amides is 2. The van der Waals surface area contributed by atoms with Gasteiger partial charge in [-0.1, -0.05) is 12.1 Å². The highest BCUT2D eigenvalue weighted by Gasteiger charge is 2.19. The van der Waals surface area contributed by atoms with Crippen LogP contribution in [0.25, 0.3) is 0 Å². The Balaban J connectivity index is 1.54. The largest absolute Gasteiger partial charge is 0.340 e. The molecule has 0 aliphatic carbocycles. The molecule has 3 N–H and O–H groups in total. The minimum Gasteiger partial charge on any atom is -0.340 e. The number of rotatable bonds is 5. The Morgan fingerprint density at radius 3 is 2.50 bits per heavy atom. The predicted octanol–water partition coefficient (Wildman–Crippen LogP) is 1.17. The summed E-state index contributed by atoms with van der Waals surface area (Å²) >= 11 is 1.37. The van der Waals surface area contributed by atoms with Crippen molar-refractivity contribution in [3.05, 3.63) is 45.9 Å². The van der Waals surface area contributed by atoms with Gasteiger partial charge in [0.05, 0.1) is 6.42 Å². The van der Waals surface area contributed by atoms with Crippen molar-refractivity contribution in [1.82, 2.24) is 14.8 Å². The molecule has 1 saturated heterocycles. The first-order chi connectivity index (χ1) is 12.5. The van der Waals surface area contributed by atoms with Crippen LogP contribution in [0.3, 0.4) is 0 Å². The van der Waals surface area contributed by atoms with E-state index in [2.05, 4.69) is 22.2 Å². The van der Waals surface area contributed by atoms with E-state index in [-0.39, 0.29) is 11.8 Å². The van der Waals surface area contributed by atoms with Gasteiger partial charge in [-0.05, 0) is 24.7 Å². The van der Waals surface area contributed by atoms with Crippen molar-refractivity contribution in [3.8, 4) is 0 Å². The number of carbonyl (C=O) groups excluding carboxylic acids is 2. The van der Waals surface area contributed by atoms with Crippen molar-refractivity contribution >= 4 is 28.8 Å². The van der Waals surface area contributed by atoms with Crippen molar-refractivity contribution < 1.29 is 9.59 Å². The highest BCUT2D eigenvalue weighted by molar-refractivity contribution is 7.09. The average molecular weight is 373 g/mol. The molecule has 26 heavy (non-hydrogen) atoms. The number of hydrogen-bond donors (Lipinski definition) is 2. The third-order valence-electron chi connectivity index (χ3n) is 4.38. The summed E-state index contributed by atoms with van der Waals surface area (Å²) in [7, 11) is 2.07. The zero-order valence-corrected chi connectivity index (χ0v) is 15.6. The van der Waals surface area contributed by atoms with Crippen LogP contribution >= 0.6 is 11.3 Å². The van der Waals surface area contributed by atoms with Crippen LogP contribution in [-0.2, 0) is 17.8 Å². The third kappa shape index (κ3) is 4.66. The maximum atomic E-state index is 12.4. The summed E-state index contributed by atoms with van der Waals surface area (Å²) in [6.07, 6.45) is 0.379. The van der Waals surface area contributed by atoms with Crippen LogP contribution in [-0.4, -0.2) is 59.8 Å². The van der Waals surface area contributed by atoms with Gasteiger partial charge in [-0.25, -0.2) is 4.98 Å². The fraction of sp³-hybridized carbons (Fsp3) is 0.389. The molecule has 1 fully saturated rings. The van der Waals surface area contributed by atoms with Crippen LogP contribution in [0.4, 0.5) is 5.69 Å². The van der Waals surface area contributed by atoms with Crippen molar-refractivity contribution in [1.29, 1.82) is 0 Å². The molecule has 2 aromatic rings. The lowest BCUT2D eigenvalue weighted by atomic mass is 10.1. The van der Waals surface area contributed by atoms with Gasteiger partial charge in [0.15, 0.2) is 0 Å². The summed E-state index contributed by atoms with van der Waals surface area (Å²) in [6.45, 7) is 3.72. The van der Waals surface area contributed by atoms with Crippen LogP contribution < -0.4 is 11.1 Å². The molecule has 0 atom stereocenters. The molecule has 0 unspecified atom stereocenters. The monoisotopic (exact) mass is 373 g/mol. The Bertz CT molecular complexity index is 766. The first kappa shape index (κ1) is 18.5. The second kappa shape index (κ2) is 8.39. The average Bonchev–Trinajstić information content (AvgIpc) is 3.13. The van der Waals surface area contributed by atoms with E-state index in [4.69, 9.17) is 5.73 Å². The molecule has 7 nitrogen and oxygen atoms in total. The van der Waals surface area contributed by atoms with E-state index in [1.54, 1.807) is 17.5 Å². The van der Waals surface area contributed by atoms with E-state index in [1.165, 1.54) is 11.3 Å². The Morgan fingerprint density at radius 1 is 1.19 bits per heavy atom. The number of piperazine rings is 1. The lowest BCUT2D eigenvalue weighted by Gasteiger charge is -2.32. The van der Waals surface area contributed by atoms with E-state index >= 15 is 0 Å². The topological polar surface area (TPSA) is 91.6 Å². The summed E-state index contributed by atoms with van der Waals surface area (Å²) in [5.41, 5.74) is 7.49. The number of hydrogen-bond acceptors (Lipinski definition) is 6. The number of nitrogens with zero attached hydrogens (tertiary/aromatic N) is 3. The molecule has 138 valence electrons. The smallest absolute Gasteiger partial charge is 0.275 e. The molecule has 0 radical (unpaired) electrons. The van der Waals surface area contributed by atoms with Gasteiger partial charge in [-0.3, -0.25) is 9.59 Å². The Kier molecular flexibility index (Phi) is 5.97. The van der Waals surface area contributed by atoms with Crippen LogP contribution in [0.2, 0.25) is 0 Å². The van der Waals surface area contributed by atoms with Gasteiger partial charge in [-0.15, -0.1) is 11.3 Å². The Labute approximate surface area is 156 Å². The maximum absolute atomic E-state index is 12.4. The fourth-order valence-electron chi connectivity index (χ4n) is 2.75. The SMILES string of the molecule is CN1CCN(C(=O)Cc2ccc(NC(=O)c3csc(CN)n3)cc2)CC1. The second-order valence-electron chi connectivity index (χ2n) is 6.34. The van der Waals surface area contributed by atoms with Gasteiger partial charge in [0.1, 0.15) is 10.7 Å². The number of nitrogens with one attached hydrogen (secondary N) is 1. The molecule has 2 amide bonds. The molecule has 1 aliphatic rings. The van der Waals surface area contributed by atoms with Crippen molar-refractivity contribution in [2.24, 2.45) is 5.73 Å². The molecule has 1 aromatic heterocycles. The summed E-state index contributed by atoms with van der Waals surface area (Å²) in [6, 6.07) is 7.35. The number of benzene rings is 1. The van der Waals surface area contributed by atoms with Crippen molar-refractivity contribution in [2.45, 2.75) is 13.0 Å². The van der Waals surface area contributed by atoms with Crippen LogP contribution in [0.15, 0.2) is 29.6 Å². The molecule has 1 aliphatic heterocycles. The van der Waals surface area contributed by atoms with Gasteiger partial charge >= 0.3 is 0 Å². The van der Waals surface area contributed by atoms with Gasteiger partial charge in [-0.2, -0.15) is 0 Å². The van der Waals surface area contributed by atoms with E-state index in [0.717, 1.165) is 36.8 Å². The molecular formula is C18H23N5O2S. The summed E-state index contributed by atoms with van der Waals surface area (Å²) in [5.74, 6) is -0.117. The predicted molar refractivity (Wildman–Crippen MR) is 102 cm³/mol. The van der Waals surface area contributed by atoms with Gasteiger partial charge in [0.25, 0.3) is 5.91 Å². The number of carbonyl (C=O) groups is 2. The summed E-state index contributed by atoms with van der Waals surface area (Å²) < 4.78 is 0. The molecule has 8 heteroatoms. The van der Waals surface area contributed by atoms with Crippen LogP contribution in [0.5, 0.6) is 0 Å². The first-order valence-electron chi connectivity index (χ1n) is 8.56. The number of nitrogens with two attached hydrogens (primary N) is 1. The normalized spacial score (nSPS) is 15.1. The Morgan fingerprint density at radius 2 is 1.88 bits per heavy atom. The molecule has 0 bridgehead atoms. The van der Waals surface area contributed by atoms with Crippen molar-refractivity contribution in [2.75, 3.05) is 38.5 Å². The lowest BCUT2D eigenvalue weighted by Crippen LogP contribution is -2.47. The van der Waals surface area contributed by atoms with Crippen LogP contribution in [0, 0.1) is 0 Å². The quantitative estimate of drug-likeness (QED) is 0.821. The number of anilines is 1. The molecule has 0 spiro atoms. The van der Waals surface area contributed by atoms with Crippen LogP contribution in [0.1, 0.15) is 21.1 Å². The van der Waals surface area contributed by atoms with Gasteiger partial charge in [0, 0.05) is 43.8 Å². The standard InChI is InChI=1S/C18H23N5O2S/c1-22-6-8-23(9-7-22)17(24)10-13-2-4-14(5-3-13)20-18(25)15-12-26-16(11-19)21-15/h2-5,12H,6-11,19H2,1H3,(H,20,25). The minimum atomic E-state index is -0.262. The zero-order valence-electron chi connectivity index (χ0n) is 14.8.